The van der Waals surface area contributed by atoms with Gasteiger partial charge in [0, 0.05) is 13.2 Å². The van der Waals surface area contributed by atoms with Crippen molar-refractivity contribution in [2.45, 2.75) is 70.6 Å². The molecule has 1 aliphatic rings. The highest BCUT2D eigenvalue weighted by Gasteiger charge is 2.46. The summed E-state index contributed by atoms with van der Waals surface area (Å²) in [6.07, 6.45) is 3.83. The normalized spacial score (nSPS) is 25.9. The minimum Gasteiger partial charge on any atom is -0.444 e. The van der Waals surface area contributed by atoms with Crippen LogP contribution in [0.15, 0.2) is 0 Å². The number of hydrogen-bond acceptors (Lipinski definition) is 4. The molecule has 20 heavy (non-hydrogen) atoms. The zero-order valence-corrected chi connectivity index (χ0v) is 13.5. The van der Waals surface area contributed by atoms with E-state index in [0.717, 1.165) is 38.8 Å². The van der Waals surface area contributed by atoms with Crippen molar-refractivity contribution in [3.63, 3.8) is 0 Å². The van der Waals surface area contributed by atoms with Gasteiger partial charge in [-0.3, -0.25) is 0 Å². The maximum absolute atomic E-state index is 11.9. The van der Waals surface area contributed by atoms with Crippen molar-refractivity contribution in [1.82, 2.24) is 10.6 Å². The molecule has 0 saturated heterocycles. The van der Waals surface area contributed by atoms with E-state index in [-0.39, 0.29) is 17.7 Å². The number of alkyl carbamates (subject to hydrolysis) is 1. The van der Waals surface area contributed by atoms with Crippen molar-refractivity contribution in [1.29, 1.82) is 0 Å². The van der Waals surface area contributed by atoms with E-state index in [0.29, 0.717) is 0 Å². The summed E-state index contributed by atoms with van der Waals surface area (Å²) in [6.45, 7) is 9.31. The first-order chi connectivity index (χ1) is 9.30. The third kappa shape index (κ3) is 5.67. The molecule has 118 valence electrons. The van der Waals surface area contributed by atoms with Gasteiger partial charge >= 0.3 is 6.09 Å². The molecule has 0 aromatic heterocycles. The van der Waals surface area contributed by atoms with Gasteiger partial charge in [-0.05, 0) is 47.1 Å². The number of amides is 1. The minimum atomic E-state index is -0.467. The molecule has 0 aromatic rings. The molecule has 1 amide bonds. The SMILES string of the molecule is CCCCOC1CC(CNC)(NC(=O)OC(C)(C)C)C1. The van der Waals surface area contributed by atoms with Crippen LogP contribution in [0, 0.1) is 0 Å². The molecule has 0 heterocycles. The average Bonchev–Trinajstić information content (AvgIpc) is 2.24. The van der Waals surface area contributed by atoms with E-state index in [4.69, 9.17) is 9.47 Å². The molecule has 1 saturated carbocycles. The van der Waals surface area contributed by atoms with Crippen LogP contribution in [0.2, 0.25) is 0 Å². The van der Waals surface area contributed by atoms with Gasteiger partial charge in [0.05, 0.1) is 11.6 Å². The molecule has 0 radical (unpaired) electrons. The molecule has 0 aromatic carbocycles. The lowest BCUT2D eigenvalue weighted by Crippen LogP contribution is -2.64. The van der Waals surface area contributed by atoms with Crippen LogP contribution in [0.4, 0.5) is 4.79 Å². The van der Waals surface area contributed by atoms with Crippen molar-refractivity contribution in [2.75, 3.05) is 20.2 Å². The topological polar surface area (TPSA) is 59.6 Å². The summed E-state index contributed by atoms with van der Waals surface area (Å²) >= 11 is 0. The third-order valence-electron chi connectivity index (χ3n) is 3.37. The molecule has 5 nitrogen and oxygen atoms in total. The number of carbonyl (C=O) groups excluding carboxylic acids is 1. The lowest BCUT2D eigenvalue weighted by atomic mass is 9.74. The molecule has 0 atom stereocenters. The number of rotatable bonds is 7. The first-order valence-electron chi connectivity index (χ1n) is 7.57. The summed E-state index contributed by atoms with van der Waals surface area (Å²) < 4.78 is 11.1. The Kier molecular flexibility index (Phi) is 6.27. The largest absolute Gasteiger partial charge is 0.444 e. The molecule has 0 aliphatic heterocycles. The van der Waals surface area contributed by atoms with E-state index in [2.05, 4.69) is 17.6 Å². The average molecular weight is 286 g/mol. The summed E-state index contributed by atoms with van der Waals surface area (Å²) in [4.78, 5) is 11.9. The van der Waals surface area contributed by atoms with Gasteiger partial charge in [0.15, 0.2) is 0 Å². The quantitative estimate of drug-likeness (QED) is 0.706. The fourth-order valence-electron chi connectivity index (χ4n) is 2.47. The fourth-order valence-corrected chi connectivity index (χ4v) is 2.47. The number of carbonyl (C=O) groups is 1. The number of unbranched alkanes of at least 4 members (excludes halogenated alkanes) is 1. The summed E-state index contributed by atoms with van der Waals surface area (Å²) in [5.41, 5.74) is -0.695. The van der Waals surface area contributed by atoms with Crippen molar-refractivity contribution >= 4 is 6.09 Å². The van der Waals surface area contributed by atoms with Gasteiger partial charge in [-0.2, -0.15) is 0 Å². The van der Waals surface area contributed by atoms with Crippen LogP contribution >= 0.6 is 0 Å². The van der Waals surface area contributed by atoms with E-state index in [1.807, 2.05) is 27.8 Å². The van der Waals surface area contributed by atoms with Crippen LogP contribution in [0.5, 0.6) is 0 Å². The summed E-state index contributed by atoms with van der Waals surface area (Å²) in [5.74, 6) is 0. The Hall–Kier alpha value is -0.810. The molecule has 1 rings (SSSR count). The highest BCUT2D eigenvalue weighted by molar-refractivity contribution is 5.69. The van der Waals surface area contributed by atoms with Crippen LogP contribution in [0.3, 0.4) is 0 Å². The Labute approximate surface area is 122 Å². The molecule has 5 heteroatoms. The zero-order chi connectivity index (χ0) is 15.2. The van der Waals surface area contributed by atoms with E-state index >= 15 is 0 Å². The standard InChI is InChI=1S/C15H30N2O3/c1-6-7-8-19-12-9-15(10-12,11-16-5)17-13(18)20-14(2,3)4/h12,16H,6-11H2,1-5H3,(H,17,18). The lowest BCUT2D eigenvalue weighted by molar-refractivity contribution is -0.0570. The Balaban J connectivity index is 2.40. The molecule has 0 unspecified atom stereocenters. The number of hydrogen-bond donors (Lipinski definition) is 2. The predicted octanol–water partition coefficient (Wildman–Crippen LogP) is 2.45. The van der Waals surface area contributed by atoms with E-state index in [1.165, 1.54) is 0 Å². The van der Waals surface area contributed by atoms with Crippen LogP contribution < -0.4 is 10.6 Å². The van der Waals surface area contributed by atoms with Crippen molar-refractivity contribution in [3.05, 3.63) is 0 Å². The van der Waals surface area contributed by atoms with Crippen LogP contribution in [-0.4, -0.2) is 43.5 Å². The third-order valence-corrected chi connectivity index (χ3v) is 3.37. The highest BCUT2D eigenvalue weighted by atomic mass is 16.6. The van der Waals surface area contributed by atoms with E-state index < -0.39 is 5.60 Å². The smallest absolute Gasteiger partial charge is 0.408 e. The maximum Gasteiger partial charge on any atom is 0.408 e. The Morgan fingerprint density at radius 1 is 1.35 bits per heavy atom. The Morgan fingerprint density at radius 2 is 2.00 bits per heavy atom. The summed E-state index contributed by atoms with van der Waals surface area (Å²) in [7, 11) is 1.89. The van der Waals surface area contributed by atoms with Gasteiger partial charge < -0.3 is 20.1 Å². The minimum absolute atomic E-state index is 0.228. The molecular formula is C15H30N2O3. The fraction of sp³-hybridized carbons (Fsp3) is 0.933. The number of ether oxygens (including phenoxy) is 2. The Bertz CT molecular complexity index is 307. The van der Waals surface area contributed by atoms with Gasteiger partial charge in [-0.15, -0.1) is 0 Å². The number of likely N-dealkylation sites (N-methyl/N-ethyl adjacent to an activating group) is 1. The summed E-state index contributed by atoms with van der Waals surface area (Å²) in [6, 6.07) is 0. The van der Waals surface area contributed by atoms with Gasteiger partial charge in [-0.1, -0.05) is 13.3 Å². The first kappa shape index (κ1) is 17.2. The van der Waals surface area contributed by atoms with Crippen LogP contribution in [-0.2, 0) is 9.47 Å². The highest BCUT2D eigenvalue weighted by Crippen LogP contribution is 2.34. The van der Waals surface area contributed by atoms with Gasteiger partial charge in [0.1, 0.15) is 5.60 Å². The van der Waals surface area contributed by atoms with Crippen molar-refractivity contribution in [3.8, 4) is 0 Å². The number of nitrogens with one attached hydrogen (secondary N) is 2. The van der Waals surface area contributed by atoms with E-state index in [1.54, 1.807) is 0 Å². The first-order valence-corrected chi connectivity index (χ1v) is 7.57. The van der Waals surface area contributed by atoms with Gasteiger partial charge in [0.2, 0.25) is 0 Å². The van der Waals surface area contributed by atoms with Gasteiger partial charge in [0.25, 0.3) is 0 Å². The van der Waals surface area contributed by atoms with E-state index in [9.17, 15) is 4.79 Å². The van der Waals surface area contributed by atoms with Crippen LogP contribution in [0.25, 0.3) is 0 Å². The van der Waals surface area contributed by atoms with Gasteiger partial charge in [-0.25, -0.2) is 4.79 Å². The second-order valence-corrected chi connectivity index (χ2v) is 6.69. The Morgan fingerprint density at radius 3 is 2.50 bits per heavy atom. The second kappa shape index (κ2) is 7.27. The zero-order valence-electron chi connectivity index (χ0n) is 13.5. The maximum atomic E-state index is 11.9. The molecule has 0 bridgehead atoms. The molecular weight excluding hydrogens is 256 g/mol. The predicted molar refractivity (Wildman–Crippen MR) is 79.9 cm³/mol. The molecule has 1 aliphatic carbocycles. The molecule has 1 fully saturated rings. The second-order valence-electron chi connectivity index (χ2n) is 6.69. The molecule has 0 spiro atoms. The van der Waals surface area contributed by atoms with Crippen molar-refractivity contribution in [2.24, 2.45) is 0 Å². The summed E-state index contributed by atoms with van der Waals surface area (Å²) in [5, 5.41) is 6.14. The monoisotopic (exact) mass is 286 g/mol. The molecule has 2 N–H and O–H groups in total. The van der Waals surface area contributed by atoms with Crippen LogP contribution in [0.1, 0.15) is 53.4 Å². The lowest BCUT2D eigenvalue weighted by Gasteiger charge is -2.47. The van der Waals surface area contributed by atoms with Crippen molar-refractivity contribution < 1.29 is 14.3 Å².